The molecular formula is C11H13NO2. The summed E-state index contributed by atoms with van der Waals surface area (Å²) in [5, 5.41) is 11.3. The molecule has 3 nitrogen and oxygen atoms in total. The maximum Gasteiger partial charge on any atom is 0.405 e. The highest BCUT2D eigenvalue weighted by Gasteiger charge is 2.33. The van der Waals surface area contributed by atoms with Crippen molar-refractivity contribution in [3.63, 3.8) is 0 Å². The monoisotopic (exact) mass is 191 g/mol. The molecule has 1 saturated carbocycles. The Balaban J connectivity index is 2.14. The van der Waals surface area contributed by atoms with Crippen molar-refractivity contribution in [1.29, 1.82) is 0 Å². The van der Waals surface area contributed by atoms with Gasteiger partial charge in [0.1, 0.15) is 0 Å². The lowest BCUT2D eigenvalue weighted by atomic mass is 10.0. The van der Waals surface area contributed by atoms with E-state index in [1.54, 1.807) is 0 Å². The van der Waals surface area contributed by atoms with Crippen LogP contribution in [-0.4, -0.2) is 11.2 Å². The van der Waals surface area contributed by atoms with Crippen LogP contribution in [-0.2, 0) is 0 Å². The predicted molar refractivity (Wildman–Crippen MR) is 53.1 cm³/mol. The van der Waals surface area contributed by atoms with Crippen molar-refractivity contribution in [3.05, 3.63) is 35.9 Å². The van der Waals surface area contributed by atoms with E-state index in [4.69, 9.17) is 5.11 Å². The average Bonchev–Trinajstić information content (AvgIpc) is 2.99. The summed E-state index contributed by atoms with van der Waals surface area (Å²) in [6.07, 6.45) is 1.31. The van der Waals surface area contributed by atoms with Gasteiger partial charge in [-0.2, -0.15) is 0 Å². The Hall–Kier alpha value is -1.51. The second-order valence-electron chi connectivity index (χ2n) is 3.68. The maximum atomic E-state index is 10.6. The minimum atomic E-state index is -0.939. The molecule has 1 fully saturated rings. The fourth-order valence-corrected chi connectivity index (χ4v) is 1.70. The fraction of sp³-hybridized carbons (Fsp3) is 0.364. The van der Waals surface area contributed by atoms with Gasteiger partial charge in [0.25, 0.3) is 0 Å². The highest BCUT2D eigenvalue weighted by atomic mass is 16.4. The Morgan fingerprint density at radius 1 is 1.36 bits per heavy atom. The van der Waals surface area contributed by atoms with Crippen LogP contribution in [0.25, 0.3) is 0 Å². The molecule has 0 spiro atoms. The average molecular weight is 191 g/mol. The Labute approximate surface area is 82.8 Å². The molecule has 2 rings (SSSR count). The molecule has 1 aromatic rings. The fourth-order valence-electron chi connectivity index (χ4n) is 1.70. The lowest BCUT2D eigenvalue weighted by molar-refractivity contribution is 0.188. The zero-order valence-corrected chi connectivity index (χ0v) is 7.81. The third-order valence-electron chi connectivity index (χ3n) is 2.53. The number of carboxylic acid groups (broad SMARTS) is 1. The first-order valence-corrected chi connectivity index (χ1v) is 4.82. The van der Waals surface area contributed by atoms with Crippen molar-refractivity contribution in [2.24, 2.45) is 5.92 Å². The molecule has 0 aromatic heterocycles. The molecule has 1 aliphatic rings. The first-order chi connectivity index (χ1) is 6.77. The second-order valence-corrected chi connectivity index (χ2v) is 3.68. The SMILES string of the molecule is O=C(O)NC(c1ccccc1)C1CC1. The molecule has 3 heteroatoms. The smallest absolute Gasteiger partial charge is 0.405 e. The first-order valence-electron chi connectivity index (χ1n) is 4.82. The van der Waals surface area contributed by atoms with Gasteiger partial charge < -0.3 is 10.4 Å². The zero-order chi connectivity index (χ0) is 9.97. The van der Waals surface area contributed by atoms with Crippen molar-refractivity contribution in [3.8, 4) is 0 Å². The third kappa shape index (κ3) is 2.05. The normalized spacial score (nSPS) is 17.4. The van der Waals surface area contributed by atoms with Crippen LogP contribution in [0.2, 0.25) is 0 Å². The summed E-state index contributed by atoms with van der Waals surface area (Å²) in [7, 11) is 0. The molecule has 74 valence electrons. The van der Waals surface area contributed by atoms with E-state index < -0.39 is 6.09 Å². The van der Waals surface area contributed by atoms with Gasteiger partial charge in [-0.25, -0.2) is 4.79 Å². The number of hydrogen-bond acceptors (Lipinski definition) is 1. The van der Waals surface area contributed by atoms with Gasteiger partial charge in [-0.3, -0.25) is 0 Å². The van der Waals surface area contributed by atoms with Crippen LogP contribution in [0, 0.1) is 5.92 Å². The zero-order valence-electron chi connectivity index (χ0n) is 7.81. The van der Waals surface area contributed by atoms with Crippen molar-refractivity contribution in [1.82, 2.24) is 5.32 Å². The number of nitrogens with one attached hydrogen (secondary N) is 1. The molecule has 0 heterocycles. The summed E-state index contributed by atoms with van der Waals surface area (Å²) in [5.41, 5.74) is 1.07. The van der Waals surface area contributed by atoms with Crippen LogP contribution in [0.1, 0.15) is 24.4 Å². The second kappa shape index (κ2) is 3.70. The van der Waals surface area contributed by atoms with Gasteiger partial charge in [0, 0.05) is 0 Å². The van der Waals surface area contributed by atoms with Crippen LogP contribution in [0.3, 0.4) is 0 Å². The van der Waals surface area contributed by atoms with E-state index in [1.165, 1.54) is 0 Å². The molecule has 1 atom stereocenters. The van der Waals surface area contributed by atoms with Gasteiger partial charge in [0.2, 0.25) is 0 Å². The predicted octanol–water partition coefficient (Wildman–Crippen LogP) is 2.41. The van der Waals surface area contributed by atoms with Gasteiger partial charge in [0.05, 0.1) is 6.04 Å². The van der Waals surface area contributed by atoms with E-state index in [2.05, 4.69) is 5.32 Å². The lowest BCUT2D eigenvalue weighted by Gasteiger charge is -2.16. The molecular weight excluding hydrogens is 178 g/mol. The molecule has 2 N–H and O–H groups in total. The van der Waals surface area contributed by atoms with Gasteiger partial charge in [-0.15, -0.1) is 0 Å². The maximum absolute atomic E-state index is 10.6. The Bertz CT molecular complexity index is 319. The lowest BCUT2D eigenvalue weighted by Crippen LogP contribution is -2.28. The van der Waals surface area contributed by atoms with Crippen molar-refractivity contribution >= 4 is 6.09 Å². The molecule has 0 radical (unpaired) electrons. The molecule has 14 heavy (non-hydrogen) atoms. The Morgan fingerprint density at radius 2 is 2.00 bits per heavy atom. The van der Waals surface area contributed by atoms with Crippen LogP contribution < -0.4 is 5.32 Å². The molecule has 1 aliphatic carbocycles. The minimum absolute atomic E-state index is 0.0197. The van der Waals surface area contributed by atoms with Crippen molar-refractivity contribution < 1.29 is 9.90 Å². The number of hydrogen-bond donors (Lipinski definition) is 2. The van der Waals surface area contributed by atoms with E-state index in [9.17, 15) is 4.79 Å². The molecule has 0 saturated heterocycles. The summed E-state index contributed by atoms with van der Waals surface area (Å²) < 4.78 is 0. The highest BCUT2D eigenvalue weighted by molar-refractivity contribution is 5.65. The van der Waals surface area contributed by atoms with Gasteiger partial charge in [-0.1, -0.05) is 30.3 Å². The summed E-state index contributed by atoms with van der Waals surface area (Å²) in [6, 6.07) is 9.74. The highest BCUT2D eigenvalue weighted by Crippen LogP contribution is 2.40. The quantitative estimate of drug-likeness (QED) is 0.770. The standard InChI is InChI=1S/C11H13NO2/c13-11(14)12-10(9-6-7-9)8-4-2-1-3-5-8/h1-5,9-10,12H,6-7H2,(H,13,14). The number of benzene rings is 1. The van der Waals surface area contributed by atoms with Gasteiger partial charge >= 0.3 is 6.09 Å². The Morgan fingerprint density at radius 3 is 2.50 bits per heavy atom. The Kier molecular flexibility index (Phi) is 2.39. The molecule has 0 bridgehead atoms. The summed E-state index contributed by atoms with van der Waals surface area (Å²) >= 11 is 0. The van der Waals surface area contributed by atoms with Crippen LogP contribution in [0.15, 0.2) is 30.3 Å². The van der Waals surface area contributed by atoms with Crippen LogP contribution in [0.5, 0.6) is 0 Å². The number of amides is 1. The van der Waals surface area contributed by atoms with Crippen molar-refractivity contribution in [2.45, 2.75) is 18.9 Å². The molecule has 1 aromatic carbocycles. The first kappa shape index (κ1) is 9.06. The molecule has 1 unspecified atom stereocenters. The number of carbonyl (C=O) groups is 1. The molecule has 0 aliphatic heterocycles. The summed E-state index contributed by atoms with van der Waals surface area (Å²) in [4.78, 5) is 10.6. The van der Waals surface area contributed by atoms with E-state index in [0.29, 0.717) is 5.92 Å². The van der Waals surface area contributed by atoms with E-state index in [-0.39, 0.29) is 6.04 Å². The van der Waals surface area contributed by atoms with Gasteiger partial charge in [0.15, 0.2) is 0 Å². The van der Waals surface area contributed by atoms with E-state index in [1.807, 2.05) is 30.3 Å². The van der Waals surface area contributed by atoms with Crippen LogP contribution >= 0.6 is 0 Å². The minimum Gasteiger partial charge on any atom is -0.465 e. The topological polar surface area (TPSA) is 49.3 Å². The van der Waals surface area contributed by atoms with E-state index >= 15 is 0 Å². The molecule has 1 amide bonds. The summed E-state index contributed by atoms with van der Waals surface area (Å²) in [5.74, 6) is 0.494. The van der Waals surface area contributed by atoms with Crippen LogP contribution in [0.4, 0.5) is 4.79 Å². The van der Waals surface area contributed by atoms with Crippen molar-refractivity contribution in [2.75, 3.05) is 0 Å². The van der Waals surface area contributed by atoms with Gasteiger partial charge in [-0.05, 0) is 24.3 Å². The largest absolute Gasteiger partial charge is 0.465 e. The summed E-state index contributed by atoms with van der Waals surface area (Å²) in [6.45, 7) is 0. The van der Waals surface area contributed by atoms with E-state index in [0.717, 1.165) is 18.4 Å². The number of rotatable bonds is 3. The third-order valence-corrected chi connectivity index (χ3v) is 2.53.